The van der Waals surface area contributed by atoms with Crippen molar-refractivity contribution in [3.63, 3.8) is 0 Å². The second-order valence-corrected chi connectivity index (χ2v) is 7.23. The Morgan fingerprint density at radius 1 is 1.10 bits per heavy atom. The van der Waals surface area contributed by atoms with Crippen LogP contribution in [0.5, 0.6) is 0 Å². The highest BCUT2D eigenvalue weighted by atomic mass is 79.9. The van der Waals surface area contributed by atoms with Crippen LogP contribution in [-0.2, 0) is 0 Å². The predicted molar refractivity (Wildman–Crippen MR) is 85.7 cm³/mol. The van der Waals surface area contributed by atoms with Gasteiger partial charge in [0.2, 0.25) is 0 Å². The van der Waals surface area contributed by atoms with E-state index in [1.165, 1.54) is 38.5 Å². The highest BCUT2D eigenvalue weighted by Gasteiger charge is 2.33. The molecule has 0 aromatic heterocycles. The van der Waals surface area contributed by atoms with Crippen molar-refractivity contribution in [3.8, 4) is 0 Å². The molecule has 1 saturated heterocycles. The lowest BCUT2D eigenvalue weighted by Crippen LogP contribution is -2.48. The van der Waals surface area contributed by atoms with Crippen molar-refractivity contribution >= 4 is 15.9 Å². The molecule has 3 atom stereocenters. The molecule has 1 N–H and O–H groups in total. The Balaban J connectivity index is 1.65. The third kappa shape index (κ3) is 3.26. The van der Waals surface area contributed by atoms with Crippen LogP contribution in [-0.4, -0.2) is 29.1 Å². The zero-order valence-electron chi connectivity index (χ0n) is 12.0. The predicted octanol–water partition coefficient (Wildman–Crippen LogP) is 4.14. The van der Waals surface area contributed by atoms with E-state index in [9.17, 15) is 5.11 Å². The Labute approximate surface area is 130 Å². The van der Waals surface area contributed by atoms with Crippen LogP contribution in [0.25, 0.3) is 0 Å². The van der Waals surface area contributed by atoms with Crippen molar-refractivity contribution in [1.29, 1.82) is 0 Å². The molecule has 1 aliphatic heterocycles. The van der Waals surface area contributed by atoms with Gasteiger partial charge in [0, 0.05) is 17.1 Å². The Hall–Kier alpha value is -0.380. The first-order valence-electron chi connectivity index (χ1n) is 7.91. The van der Waals surface area contributed by atoms with Gasteiger partial charge in [-0.05, 0) is 55.8 Å². The first-order valence-corrected chi connectivity index (χ1v) is 8.71. The summed E-state index contributed by atoms with van der Waals surface area (Å²) in [6.07, 6.45) is 7.84. The number of halogens is 1. The maximum Gasteiger partial charge on any atom is 0.0917 e. The molecule has 1 aromatic rings. The molecule has 0 amide bonds. The van der Waals surface area contributed by atoms with Crippen molar-refractivity contribution in [2.45, 2.75) is 50.7 Å². The van der Waals surface area contributed by atoms with Crippen LogP contribution in [0.15, 0.2) is 28.7 Å². The van der Waals surface area contributed by atoms with Crippen molar-refractivity contribution in [2.75, 3.05) is 13.1 Å². The first kappa shape index (κ1) is 14.6. The Bertz CT molecular complexity index is 431. The van der Waals surface area contributed by atoms with Gasteiger partial charge < -0.3 is 5.11 Å². The topological polar surface area (TPSA) is 23.5 Å². The molecule has 3 heteroatoms. The number of benzene rings is 1. The Kier molecular flexibility index (Phi) is 4.79. The molecule has 0 radical (unpaired) electrons. The number of aliphatic hydroxyl groups is 1. The maximum absolute atomic E-state index is 10.5. The standard InChI is InChI=1S/C17H24BrNO/c18-15-9-7-14(8-10-15)17(20)12-19-11-3-5-13-4-1-2-6-16(13)19/h7-10,13,16-17,20H,1-6,11-12H2. The third-order valence-corrected chi connectivity index (χ3v) is 5.55. The summed E-state index contributed by atoms with van der Waals surface area (Å²) >= 11 is 3.45. The van der Waals surface area contributed by atoms with Gasteiger partial charge in [-0.15, -0.1) is 0 Å². The maximum atomic E-state index is 10.5. The number of piperidine rings is 1. The summed E-state index contributed by atoms with van der Waals surface area (Å²) in [7, 11) is 0. The van der Waals surface area contributed by atoms with Gasteiger partial charge in [0.15, 0.2) is 0 Å². The number of nitrogens with zero attached hydrogens (tertiary/aromatic N) is 1. The molecule has 0 bridgehead atoms. The normalized spacial score (nSPS) is 28.9. The molecule has 3 rings (SSSR count). The molecular formula is C17H24BrNO. The van der Waals surface area contributed by atoms with Crippen LogP contribution in [0, 0.1) is 5.92 Å². The molecule has 0 spiro atoms. The number of likely N-dealkylation sites (tertiary alicyclic amines) is 1. The van der Waals surface area contributed by atoms with Gasteiger partial charge in [0.25, 0.3) is 0 Å². The molecule has 1 aliphatic carbocycles. The molecule has 1 saturated carbocycles. The van der Waals surface area contributed by atoms with E-state index >= 15 is 0 Å². The fraction of sp³-hybridized carbons (Fsp3) is 0.647. The second kappa shape index (κ2) is 6.59. The fourth-order valence-corrected chi connectivity index (χ4v) is 4.23. The summed E-state index contributed by atoms with van der Waals surface area (Å²) in [5.74, 6) is 0.884. The molecule has 2 fully saturated rings. The highest BCUT2D eigenvalue weighted by Crippen LogP contribution is 2.36. The van der Waals surface area contributed by atoms with E-state index in [2.05, 4.69) is 20.8 Å². The summed E-state index contributed by atoms with van der Waals surface area (Å²) in [4.78, 5) is 2.56. The van der Waals surface area contributed by atoms with Crippen LogP contribution >= 0.6 is 15.9 Å². The van der Waals surface area contributed by atoms with E-state index in [0.29, 0.717) is 0 Å². The lowest BCUT2D eigenvalue weighted by Gasteiger charge is -2.44. The first-order chi connectivity index (χ1) is 9.74. The SMILES string of the molecule is OC(CN1CCCC2CCCCC21)c1ccc(Br)cc1. The Morgan fingerprint density at radius 2 is 1.80 bits per heavy atom. The lowest BCUT2D eigenvalue weighted by molar-refractivity contribution is 0.0205. The highest BCUT2D eigenvalue weighted by molar-refractivity contribution is 9.10. The summed E-state index contributed by atoms with van der Waals surface area (Å²) < 4.78 is 1.07. The lowest BCUT2D eigenvalue weighted by atomic mass is 9.78. The van der Waals surface area contributed by atoms with Gasteiger partial charge in [0.1, 0.15) is 0 Å². The van der Waals surface area contributed by atoms with E-state index in [1.54, 1.807) is 0 Å². The second-order valence-electron chi connectivity index (χ2n) is 6.32. The minimum atomic E-state index is -0.358. The van der Waals surface area contributed by atoms with Crippen molar-refractivity contribution in [3.05, 3.63) is 34.3 Å². The smallest absolute Gasteiger partial charge is 0.0917 e. The monoisotopic (exact) mass is 337 g/mol. The minimum absolute atomic E-state index is 0.358. The molecule has 3 unspecified atom stereocenters. The number of fused-ring (bicyclic) bond motifs is 1. The zero-order chi connectivity index (χ0) is 13.9. The van der Waals surface area contributed by atoms with Gasteiger partial charge in [-0.3, -0.25) is 4.90 Å². The largest absolute Gasteiger partial charge is 0.387 e. The summed E-state index contributed by atoms with van der Waals surface area (Å²) in [6, 6.07) is 8.80. The van der Waals surface area contributed by atoms with Crippen LogP contribution in [0.3, 0.4) is 0 Å². The van der Waals surface area contributed by atoms with Crippen molar-refractivity contribution in [2.24, 2.45) is 5.92 Å². The molecule has 20 heavy (non-hydrogen) atoms. The van der Waals surface area contributed by atoms with Crippen LogP contribution in [0.2, 0.25) is 0 Å². The van der Waals surface area contributed by atoms with E-state index in [-0.39, 0.29) is 6.10 Å². The number of aliphatic hydroxyl groups excluding tert-OH is 1. The van der Waals surface area contributed by atoms with E-state index in [1.807, 2.05) is 24.3 Å². The molecule has 110 valence electrons. The van der Waals surface area contributed by atoms with Crippen molar-refractivity contribution < 1.29 is 5.11 Å². The van der Waals surface area contributed by atoms with Gasteiger partial charge >= 0.3 is 0 Å². The quantitative estimate of drug-likeness (QED) is 0.895. The molecule has 2 aliphatic rings. The zero-order valence-corrected chi connectivity index (χ0v) is 13.6. The molecule has 1 aromatic carbocycles. The van der Waals surface area contributed by atoms with Gasteiger partial charge in [-0.2, -0.15) is 0 Å². The van der Waals surface area contributed by atoms with Crippen LogP contribution in [0.4, 0.5) is 0 Å². The minimum Gasteiger partial charge on any atom is -0.387 e. The fourth-order valence-electron chi connectivity index (χ4n) is 3.97. The third-order valence-electron chi connectivity index (χ3n) is 5.02. The number of hydrogen-bond donors (Lipinski definition) is 1. The van der Waals surface area contributed by atoms with Gasteiger partial charge in [-0.1, -0.05) is 40.9 Å². The van der Waals surface area contributed by atoms with E-state index in [0.717, 1.165) is 35.1 Å². The van der Waals surface area contributed by atoms with E-state index < -0.39 is 0 Å². The Morgan fingerprint density at radius 3 is 2.60 bits per heavy atom. The van der Waals surface area contributed by atoms with Gasteiger partial charge in [-0.25, -0.2) is 0 Å². The summed E-state index contributed by atoms with van der Waals surface area (Å²) in [5, 5.41) is 10.5. The molecular weight excluding hydrogens is 314 g/mol. The summed E-state index contributed by atoms with van der Waals surface area (Å²) in [5.41, 5.74) is 1.03. The average Bonchev–Trinajstić information content (AvgIpc) is 2.48. The molecule has 1 heterocycles. The number of hydrogen-bond acceptors (Lipinski definition) is 2. The van der Waals surface area contributed by atoms with Crippen LogP contribution in [0.1, 0.15) is 50.2 Å². The van der Waals surface area contributed by atoms with Gasteiger partial charge in [0.05, 0.1) is 6.10 Å². The molecule has 2 nitrogen and oxygen atoms in total. The van der Waals surface area contributed by atoms with Crippen molar-refractivity contribution in [1.82, 2.24) is 4.90 Å². The van der Waals surface area contributed by atoms with E-state index in [4.69, 9.17) is 0 Å². The number of rotatable bonds is 3. The number of β-amino-alcohol motifs (C(OH)–C–C–N with tert-alkyl or cyclic N) is 1. The van der Waals surface area contributed by atoms with Crippen LogP contribution < -0.4 is 0 Å². The summed E-state index contributed by atoms with van der Waals surface area (Å²) in [6.45, 7) is 1.96. The average molecular weight is 338 g/mol.